The van der Waals surface area contributed by atoms with Gasteiger partial charge in [-0.15, -0.1) is 0 Å². The molecule has 92 valence electrons. The van der Waals surface area contributed by atoms with Crippen molar-refractivity contribution < 1.29 is 0 Å². The van der Waals surface area contributed by atoms with Crippen LogP contribution in [0.4, 0.5) is 11.4 Å². The second-order valence-electron chi connectivity index (χ2n) is 4.23. The number of hydrogen-bond acceptors (Lipinski definition) is 4. The van der Waals surface area contributed by atoms with Crippen molar-refractivity contribution in [2.24, 2.45) is 0 Å². The highest BCUT2D eigenvalue weighted by atomic mass is 14.6. The number of hydrogen-bond donors (Lipinski definition) is 2. The summed E-state index contributed by atoms with van der Waals surface area (Å²) in [5.74, 6) is 0. The molecule has 2 aromatic carbocycles. The van der Waals surface area contributed by atoms with Crippen LogP contribution in [0.3, 0.4) is 0 Å². The van der Waals surface area contributed by atoms with Crippen molar-refractivity contribution >= 4 is 11.4 Å². The Balaban J connectivity index is 2.42. The number of nitrogens with zero attached hydrogens (tertiary/aromatic N) is 2. The summed E-state index contributed by atoms with van der Waals surface area (Å²) >= 11 is 0. The van der Waals surface area contributed by atoms with E-state index in [1.54, 1.807) is 36.4 Å². The highest BCUT2D eigenvalue weighted by Gasteiger charge is 2.06. The van der Waals surface area contributed by atoms with E-state index >= 15 is 0 Å². The van der Waals surface area contributed by atoms with Crippen molar-refractivity contribution in [3.63, 3.8) is 0 Å². The predicted octanol–water partition coefficient (Wildman–Crippen LogP) is 2.19. The molecule has 0 saturated carbocycles. The van der Waals surface area contributed by atoms with E-state index in [-0.39, 0.29) is 0 Å². The van der Waals surface area contributed by atoms with E-state index in [4.69, 9.17) is 22.0 Å². The quantitative estimate of drug-likeness (QED) is 0.795. The van der Waals surface area contributed by atoms with Gasteiger partial charge in [-0.25, -0.2) is 0 Å². The van der Waals surface area contributed by atoms with Gasteiger partial charge in [0.15, 0.2) is 0 Å². The van der Waals surface area contributed by atoms with E-state index in [2.05, 4.69) is 12.1 Å². The van der Waals surface area contributed by atoms with Crippen LogP contribution in [0.25, 0.3) is 0 Å². The van der Waals surface area contributed by atoms with Crippen LogP contribution in [-0.2, 0) is 6.42 Å². The molecule has 0 aliphatic heterocycles. The third kappa shape index (κ3) is 2.65. The first-order valence-electron chi connectivity index (χ1n) is 5.71. The smallest absolute Gasteiger partial charge is 0.0991 e. The number of nitriles is 2. The first kappa shape index (κ1) is 12.5. The Labute approximate surface area is 111 Å². The fourth-order valence-electron chi connectivity index (χ4n) is 1.86. The highest BCUT2D eigenvalue weighted by Crippen LogP contribution is 2.22. The topological polar surface area (TPSA) is 99.6 Å². The average molecular weight is 248 g/mol. The molecule has 0 heterocycles. The molecule has 0 fully saturated rings. The van der Waals surface area contributed by atoms with E-state index in [1.807, 2.05) is 0 Å². The van der Waals surface area contributed by atoms with Crippen LogP contribution in [-0.4, -0.2) is 0 Å². The Hall–Kier alpha value is -2.98. The SMILES string of the molecule is N#Cc1ccc(N)c(Cc2cc(C#N)ccc2N)c1. The van der Waals surface area contributed by atoms with Gasteiger partial charge in [0.2, 0.25) is 0 Å². The summed E-state index contributed by atoms with van der Waals surface area (Å²) in [4.78, 5) is 0. The number of nitrogens with two attached hydrogens (primary N) is 2. The minimum Gasteiger partial charge on any atom is -0.398 e. The molecule has 19 heavy (non-hydrogen) atoms. The van der Waals surface area contributed by atoms with Crippen LogP contribution in [0.1, 0.15) is 22.3 Å². The second kappa shape index (κ2) is 5.12. The van der Waals surface area contributed by atoms with Crippen LogP contribution in [0, 0.1) is 22.7 Å². The second-order valence-corrected chi connectivity index (χ2v) is 4.23. The summed E-state index contributed by atoms with van der Waals surface area (Å²) in [6, 6.07) is 14.4. The number of anilines is 2. The lowest BCUT2D eigenvalue weighted by atomic mass is 9.99. The zero-order valence-corrected chi connectivity index (χ0v) is 10.2. The standard InChI is InChI=1S/C15H12N4/c16-8-10-1-3-14(18)12(5-10)7-13-6-11(9-17)2-4-15(13)19/h1-6H,7,18-19H2. The van der Waals surface area contributed by atoms with Crippen LogP contribution in [0.5, 0.6) is 0 Å². The Morgan fingerprint density at radius 2 is 1.21 bits per heavy atom. The Kier molecular flexibility index (Phi) is 3.36. The predicted molar refractivity (Wildman–Crippen MR) is 73.9 cm³/mol. The summed E-state index contributed by atoms with van der Waals surface area (Å²) in [6.07, 6.45) is 0.503. The molecule has 4 nitrogen and oxygen atoms in total. The summed E-state index contributed by atoms with van der Waals surface area (Å²) in [6.45, 7) is 0. The van der Waals surface area contributed by atoms with Gasteiger partial charge in [0, 0.05) is 17.8 Å². The molecule has 0 bridgehead atoms. The monoisotopic (exact) mass is 248 g/mol. The van der Waals surface area contributed by atoms with Crippen molar-refractivity contribution in [1.29, 1.82) is 10.5 Å². The van der Waals surface area contributed by atoms with Gasteiger partial charge < -0.3 is 11.5 Å². The summed E-state index contributed by atoms with van der Waals surface area (Å²) in [5.41, 5.74) is 15.8. The lowest BCUT2D eigenvalue weighted by Gasteiger charge is -2.09. The van der Waals surface area contributed by atoms with Gasteiger partial charge in [-0.2, -0.15) is 10.5 Å². The Bertz CT molecular complexity index is 644. The fraction of sp³-hybridized carbons (Fsp3) is 0.0667. The minimum absolute atomic E-state index is 0.503. The molecule has 0 unspecified atom stereocenters. The fourth-order valence-corrected chi connectivity index (χ4v) is 1.86. The maximum absolute atomic E-state index is 8.90. The lowest BCUT2D eigenvalue weighted by Crippen LogP contribution is -2.00. The maximum Gasteiger partial charge on any atom is 0.0991 e. The molecule has 2 rings (SSSR count). The van der Waals surface area contributed by atoms with Crippen LogP contribution in [0.15, 0.2) is 36.4 Å². The zero-order chi connectivity index (χ0) is 13.8. The highest BCUT2D eigenvalue weighted by molar-refractivity contribution is 5.58. The van der Waals surface area contributed by atoms with E-state index in [0.29, 0.717) is 28.9 Å². The molecule has 0 aliphatic carbocycles. The summed E-state index contributed by atoms with van der Waals surface area (Å²) in [7, 11) is 0. The molecule has 0 saturated heterocycles. The van der Waals surface area contributed by atoms with Crippen molar-refractivity contribution in [3.8, 4) is 12.1 Å². The van der Waals surface area contributed by atoms with Gasteiger partial charge >= 0.3 is 0 Å². The zero-order valence-electron chi connectivity index (χ0n) is 10.2. The van der Waals surface area contributed by atoms with E-state index in [9.17, 15) is 0 Å². The first-order valence-corrected chi connectivity index (χ1v) is 5.71. The van der Waals surface area contributed by atoms with Crippen molar-refractivity contribution in [1.82, 2.24) is 0 Å². The largest absolute Gasteiger partial charge is 0.398 e. The molecule has 2 aromatic rings. The van der Waals surface area contributed by atoms with Crippen LogP contribution in [0.2, 0.25) is 0 Å². The summed E-state index contributed by atoms with van der Waals surface area (Å²) < 4.78 is 0. The van der Waals surface area contributed by atoms with E-state index in [1.165, 1.54) is 0 Å². The molecule has 0 amide bonds. The maximum atomic E-state index is 8.90. The third-order valence-corrected chi connectivity index (χ3v) is 2.93. The average Bonchev–Trinajstić information content (AvgIpc) is 2.43. The normalized spacial score (nSPS) is 9.58. The molecule has 0 atom stereocenters. The lowest BCUT2D eigenvalue weighted by molar-refractivity contribution is 1.19. The van der Waals surface area contributed by atoms with E-state index < -0.39 is 0 Å². The number of rotatable bonds is 2. The number of nitrogen functional groups attached to an aromatic ring is 2. The van der Waals surface area contributed by atoms with Crippen molar-refractivity contribution in [3.05, 3.63) is 58.7 Å². The Morgan fingerprint density at radius 3 is 1.58 bits per heavy atom. The molecular weight excluding hydrogens is 236 g/mol. The van der Waals surface area contributed by atoms with Gasteiger partial charge in [-0.3, -0.25) is 0 Å². The van der Waals surface area contributed by atoms with Crippen molar-refractivity contribution in [2.75, 3.05) is 11.5 Å². The number of benzene rings is 2. The molecule has 0 aromatic heterocycles. The van der Waals surface area contributed by atoms with Crippen LogP contribution >= 0.6 is 0 Å². The van der Waals surface area contributed by atoms with Gasteiger partial charge in [0.05, 0.1) is 23.3 Å². The molecule has 0 spiro atoms. The molecule has 0 aliphatic rings. The molecule has 4 heteroatoms. The summed E-state index contributed by atoms with van der Waals surface area (Å²) in [5, 5.41) is 17.8. The minimum atomic E-state index is 0.503. The Morgan fingerprint density at radius 1 is 0.789 bits per heavy atom. The van der Waals surface area contributed by atoms with Gasteiger partial charge in [-0.1, -0.05) is 0 Å². The molecular formula is C15H12N4. The third-order valence-electron chi connectivity index (χ3n) is 2.93. The van der Waals surface area contributed by atoms with Gasteiger partial charge in [0.1, 0.15) is 0 Å². The van der Waals surface area contributed by atoms with Crippen LogP contribution < -0.4 is 11.5 Å². The van der Waals surface area contributed by atoms with Gasteiger partial charge in [-0.05, 0) is 47.5 Å². The first-order chi connectivity index (χ1) is 9.13. The van der Waals surface area contributed by atoms with Gasteiger partial charge in [0.25, 0.3) is 0 Å². The molecule has 4 N–H and O–H groups in total. The molecule has 0 radical (unpaired) electrons. The van der Waals surface area contributed by atoms with E-state index in [0.717, 1.165) is 11.1 Å². The van der Waals surface area contributed by atoms with Crippen molar-refractivity contribution in [2.45, 2.75) is 6.42 Å².